The van der Waals surface area contributed by atoms with Gasteiger partial charge in [-0.1, -0.05) is 26.2 Å². The van der Waals surface area contributed by atoms with Gasteiger partial charge >= 0.3 is 5.97 Å². The second kappa shape index (κ2) is 7.85. The van der Waals surface area contributed by atoms with Gasteiger partial charge in [0, 0.05) is 0 Å². The highest BCUT2D eigenvalue weighted by Gasteiger charge is 2.47. The predicted molar refractivity (Wildman–Crippen MR) is 78.4 cm³/mol. The van der Waals surface area contributed by atoms with E-state index in [4.69, 9.17) is 0 Å². The molecule has 2 atom stereocenters. The molecule has 0 amide bonds. The van der Waals surface area contributed by atoms with Gasteiger partial charge < -0.3 is 15.3 Å². The van der Waals surface area contributed by atoms with Gasteiger partial charge in [0.1, 0.15) is 5.54 Å². The minimum Gasteiger partial charge on any atom is -0.480 e. The minimum atomic E-state index is -0.676. The molecule has 0 saturated heterocycles. The molecule has 0 spiro atoms. The first-order valence-electron chi connectivity index (χ1n) is 7.67. The second-order valence-corrected chi connectivity index (χ2v) is 5.91. The largest absolute Gasteiger partial charge is 0.480 e. The number of nitrogens with zero attached hydrogens (tertiary/aromatic N) is 1. The molecule has 0 heterocycles. The van der Waals surface area contributed by atoms with E-state index in [1.54, 1.807) is 7.05 Å². The van der Waals surface area contributed by atoms with Crippen LogP contribution < -0.4 is 5.32 Å². The van der Waals surface area contributed by atoms with Crippen LogP contribution in [0.2, 0.25) is 0 Å². The Bertz CT molecular complexity index is 283. The van der Waals surface area contributed by atoms with Gasteiger partial charge in [-0.05, 0) is 58.8 Å². The molecule has 19 heavy (non-hydrogen) atoms. The summed E-state index contributed by atoms with van der Waals surface area (Å²) in [6.07, 6.45) is 7.58. The minimum absolute atomic E-state index is 0.267. The molecule has 4 nitrogen and oxygen atoms in total. The summed E-state index contributed by atoms with van der Waals surface area (Å²) in [5.41, 5.74) is -0.676. The number of rotatable bonds is 9. The number of carbonyl (C=O) groups is 1. The molecule has 2 unspecified atom stereocenters. The molecule has 1 rings (SSSR count). The fraction of sp³-hybridized carbons (Fsp3) is 0.933. The van der Waals surface area contributed by atoms with Crippen LogP contribution in [0.4, 0.5) is 0 Å². The average Bonchev–Trinajstić information content (AvgIpc) is 2.80. The Morgan fingerprint density at radius 3 is 2.74 bits per heavy atom. The van der Waals surface area contributed by atoms with Crippen molar-refractivity contribution in [2.45, 2.75) is 57.4 Å². The number of likely N-dealkylation sites (N-methyl/N-ethyl adjacent to an activating group) is 1. The molecule has 112 valence electrons. The van der Waals surface area contributed by atoms with Crippen LogP contribution in [0.15, 0.2) is 0 Å². The van der Waals surface area contributed by atoms with Crippen LogP contribution in [-0.2, 0) is 4.79 Å². The van der Waals surface area contributed by atoms with Crippen molar-refractivity contribution in [3.8, 4) is 0 Å². The Morgan fingerprint density at radius 1 is 1.42 bits per heavy atom. The maximum absolute atomic E-state index is 11.5. The van der Waals surface area contributed by atoms with Crippen LogP contribution in [-0.4, -0.2) is 48.7 Å². The third kappa shape index (κ3) is 4.18. The molecule has 0 aromatic rings. The maximum atomic E-state index is 11.5. The molecule has 2 N–H and O–H groups in total. The van der Waals surface area contributed by atoms with Crippen LogP contribution in [0.5, 0.6) is 0 Å². The highest BCUT2D eigenvalue weighted by Crippen LogP contribution is 2.38. The first-order valence-corrected chi connectivity index (χ1v) is 7.67. The van der Waals surface area contributed by atoms with Crippen LogP contribution >= 0.6 is 0 Å². The summed E-state index contributed by atoms with van der Waals surface area (Å²) < 4.78 is 0. The number of carboxylic acids is 1. The van der Waals surface area contributed by atoms with Crippen molar-refractivity contribution in [2.75, 3.05) is 27.2 Å². The number of hydrogen-bond acceptors (Lipinski definition) is 3. The highest BCUT2D eigenvalue weighted by molar-refractivity contribution is 5.79. The number of unbranched alkanes of at least 4 members (excludes halogenated alkanes) is 2. The SMILES string of the molecule is CCCCCN(C)CCC1CCCC1(NC)C(=O)O. The Hall–Kier alpha value is -0.610. The summed E-state index contributed by atoms with van der Waals surface area (Å²) in [4.78, 5) is 13.9. The van der Waals surface area contributed by atoms with Crippen molar-refractivity contribution in [3.63, 3.8) is 0 Å². The fourth-order valence-electron chi connectivity index (χ4n) is 3.31. The van der Waals surface area contributed by atoms with E-state index in [9.17, 15) is 9.90 Å². The van der Waals surface area contributed by atoms with Gasteiger partial charge in [0.2, 0.25) is 0 Å². The molecule has 1 aliphatic rings. The Balaban J connectivity index is 2.41. The molecule has 0 aromatic carbocycles. The zero-order chi connectivity index (χ0) is 14.3. The standard InChI is InChI=1S/C15H30N2O2/c1-4-5-6-11-17(3)12-9-13-8-7-10-15(13,16-2)14(18)19/h13,16H,4-12H2,1-3H3,(H,18,19). The van der Waals surface area contributed by atoms with Crippen molar-refractivity contribution in [1.82, 2.24) is 10.2 Å². The van der Waals surface area contributed by atoms with Crippen LogP contribution in [0.25, 0.3) is 0 Å². The zero-order valence-corrected chi connectivity index (χ0v) is 12.7. The van der Waals surface area contributed by atoms with E-state index < -0.39 is 11.5 Å². The van der Waals surface area contributed by atoms with Crippen LogP contribution in [0.3, 0.4) is 0 Å². The van der Waals surface area contributed by atoms with Crippen molar-refractivity contribution in [1.29, 1.82) is 0 Å². The van der Waals surface area contributed by atoms with E-state index in [2.05, 4.69) is 24.2 Å². The van der Waals surface area contributed by atoms with Gasteiger partial charge in [0.15, 0.2) is 0 Å². The van der Waals surface area contributed by atoms with Crippen molar-refractivity contribution in [2.24, 2.45) is 5.92 Å². The summed E-state index contributed by atoms with van der Waals surface area (Å²) >= 11 is 0. The summed E-state index contributed by atoms with van der Waals surface area (Å²) in [5.74, 6) is -0.408. The van der Waals surface area contributed by atoms with E-state index >= 15 is 0 Å². The number of nitrogens with one attached hydrogen (secondary N) is 1. The van der Waals surface area contributed by atoms with E-state index in [-0.39, 0.29) is 5.92 Å². The molecule has 1 aliphatic carbocycles. The normalized spacial score (nSPS) is 27.1. The smallest absolute Gasteiger partial charge is 0.324 e. The molecule has 1 saturated carbocycles. The lowest BCUT2D eigenvalue weighted by molar-refractivity contribution is -0.146. The van der Waals surface area contributed by atoms with E-state index in [0.717, 1.165) is 38.8 Å². The zero-order valence-electron chi connectivity index (χ0n) is 12.7. The van der Waals surface area contributed by atoms with Gasteiger partial charge in [0.25, 0.3) is 0 Å². The maximum Gasteiger partial charge on any atom is 0.324 e. The van der Waals surface area contributed by atoms with E-state index in [1.807, 2.05) is 0 Å². The van der Waals surface area contributed by atoms with Crippen LogP contribution in [0.1, 0.15) is 51.9 Å². The molecule has 0 aromatic heterocycles. The number of aliphatic carboxylic acids is 1. The predicted octanol–water partition coefficient (Wildman–Crippen LogP) is 2.34. The second-order valence-electron chi connectivity index (χ2n) is 5.91. The lowest BCUT2D eigenvalue weighted by Crippen LogP contribution is -2.53. The van der Waals surface area contributed by atoms with Gasteiger partial charge in [-0.2, -0.15) is 0 Å². The van der Waals surface area contributed by atoms with E-state index in [0.29, 0.717) is 0 Å². The van der Waals surface area contributed by atoms with Crippen molar-refractivity contribution in [3.05, 3.63) is 0 Å². The van der Waals surface area contributed by atoms with Gasteiger partial charge in [0.05, 0.1) is 0 Å². The third-order valence-electron chi connectivity index (χ3n) is 4.65. The highest BCUT2D eigenvalue weighted by atomic mass is 16.4. The van der Waals surface area contributed by atoms with E-state index in [1.165, 1.54) is 19.3 Å². The molecule has 0 radical (unpaired) electrons. The summed E-state index contributed by atoms with van der Waals surface area (Å²) in [5, 5.41) is 12.6. The molecule has 1 fully saturated rings. The third-order valence-corrected chi connectivity index (χ3v) is 4.65. The Kier molecular flexibility index (Phi) is 6.80. The van der Waals surface area contributed by atoms with Crippen molar-refractivity contribution < 1.29 is 9.90 Å². The first kappa shape index (κ1) is 16.4. The average molecular weight is 270 g/mol. The topological polar surface area (TPSA) is 52.6 Å². The number of carboxylic acid groups (broad SMARTS) is 1. The molecular formula is C15H30N2O2. The van der Waals surface area contributed by atoms with Gasteiger partial charge in [-0.25, -0.2) is 0 Å². The molecule has 0 bridgehead atoms. The lowest BCUT2D eigenvalue weighted by atomic mass is 9.84. The fourth-order valence-corrected chi connectivity index (χ4v) is 3.31. The Morgan fingerprint density at radius 2 is 2.16 bits per heavy atom. The summed E-state index contributed by atoms with van der Waals surface area (Å²) in [6, 6.07) is 0. The van der Waals surface area contributed by atoms with Crippen molar-refractivity contribution >= 4 is 5.97 Å². The van der Waals surface area contributed by atoms with Gasteiger partial charge in [-0.3, -0.25) is 4.79 Å². The summed E-state index contributed by atoms with van der Waals surface area (Å²) in [6.45, 7) is 4.35. The first-order chi connectivity index (χ1) is 9.06. The van der Waals surface area contributed by atoms with Crippen LogP contribution in [0, 0.1) is 5.92 Å². The quantitative estimate of drug-likeness (QED) is 0.631. The molecule has 4 heteroatoms. The summed E-state index contributed by atoms with van der Waals surface area (Å²) in [7, 11) is 3.93. The monoisotopic (exact) mass is 270 g/mol. The number of hydrogen-bond donors (Lipinski definition) is 2. The Labute approximate surface area is 117 Å². The van der Waals surface area contributed by atoms with Gasteiger partial charge in [-0.15, -0.1) is 0 Å². The molecular weight excluding hydrogens is 240 g/mol. The lowest BCUT2D eigenvalue weighted by Gasteiger charge is -2.32. The molecule has 0 aliphatic heterocycles.